The molecule has 4 nitrogen and oxygen atoms in total. The van der Waals surface area contributed by atoms with E-state index in [2.05, 4.69) is 4.98 Å². The molecule has 14 heavy (non-hydrogen) atoms. The molecule has 0 bridgehead atoms. The summed E-state index contributed by atoms with van der Waals surface area (Å²) >= 11 is 0. The second kappa shape index (κ2) is 2.77. The Hall–Kier alpha value is -1.97. The van der Waals surface area contributed by atoms with Crippen LogP contribution in [0.4, 0.5) is 11.4 Å². The van der Waals surface area contributed by atoms with Gasteiger partial charge in [-0.05, 0) is 19.1 Å². The van der Waals surface area contributed by atoms with Crippen LogP contribution in [0.3, 0.4) is 0 Å². The number of hydrogen-bond acceptors (Lipinski definition) is 3. The predicted molar refractivity (Wildman–Crippen MR) is 58.1 cm³/mol. The van der Waals surface area contributed by atoms with Gasteiger partial charge in [-0.15, -0.1) is 0 Å². The summed E-state index contributed by atoms with van der Waals surface area (Å²) in [7, 11) is 0. The van der Waals surface area contributed by atoms with Crippen molar-refractivity contribution in [2.45, 2.75) is 6.92 Å². The van der Waals surface area contributed by atoms with Crippen molar-refractivity contribution in [3.63, 3.8) is 0 Å². The predicted octanol–water partition coefficient (Wildman–Crippen LogP) is 1.00. The molecular formula is C10H11N3O. The maximum Gasteiger partial charge on any atom is 0.192 e. The zero-order valence-electron chi connectivity index (χ0n) is 7.79. The number of H-pyrrole nitrogens is 1. The molecule has 2 aromatic rings. The van der Waals surface area contributed by atoms with Crippen LogP contribution in [-0.4, -0.2) is 4.98 Å². The molecule has 1 heterocycles. The summed E-state index contributed by atoms with van der Waals surface area (Å²) in [4.78, 5) is 14.7. The van der Waals surface area contributed by atoms with Gasteiger partial charge in [0.25, 0.3) is 0 Å². The third-order valence-electron chi connectivity index (χ3n) is 2.23. The third-order valence-corrected chi connectivity index (χ3v) is 2.23. The molecule has 1 aromatic carbocycles. The van der Waals surface area contributed by atoms with Crippen LogP contribution in [0, 0.1) is 6.92 Å². The number of nitrogen functional groups attached to an aromatic ring is 2. The Morgan fingerprint density at radius 2 is 2.00 bits per heavy atom. The van der Waals surface area contributed by atoms with Crippen LogP contribution >= 0.6 is 0 Å². The average molecular weight is 189 g/mol. The normalized spacial score (nSPS) is 10.6. The third kappa shape index (κ3) is 1.12. The van der Waals surface area contributed by atoms with E-state index in [1.807, 2.05) is 0 Å². The highest BCUT2D eigenvalue weighted by Gasteiger charge is 2.05. The minimum atomic E-state index is -0.0299. The van der Waals surface area contributed by atoms with Crippen molar-refractivity contribution in [3.8, 4) is 0 Å². The standard InChI is InChI=1S/C10H11N3O/c1-5-4-13-9-7(10(5)14)2-6(11)3-8(9)12/h2-4H,11-12H2,1H3,(H,13,14). The zero-order chi connectivity index (χ0) is 10.3. The van der Waals surface area contributed by atoms with E-state index < -0.39 is 0 Å². The molecule has 0 amide bonds. The van der Waals surface area contributed by atoms with Gasteiger partial charge in [-0.2, -0.15) is 0 Å². The van der Waals surface area contributed by atoms with Gasteiger partial charge >= 0.3 is 0 Å². The quantitative estimate of drug-likeness (QED) is 0.540. The first kappa shape index (κ1) is 8.62. The number of fused-ring (bicyclic) bond motifs is 1. The number of benzene rings is 1. The molecule has 0 aliphatic carbocycles. The Labute approximate surface area is 80.5 Å². The fourth-order valence-electron chi connectivity index (χ4n) is 1.49. The molecule has 0 fully saturated rings. The summed E-state index contributed by atoms with van der Waals surface area (Å²) in [6.45, 7) is 1.75. The number of rotatable bonds is 0. The molecule has 5 N–H and O–H groups in total. The largest absolute Gasteiger partial charge is 0.399 e. The number of nitrogens with one attached hydrogen (secondary N) is 1. The fraction of sp³-hybridized carbons (Fsp3) is 0.100. The second-order valence-electron chi connectivity index (χ2n) is 3.33. The molecule has 0 aliphatic rings. The van der Waals surface area contributed by atoms with Gasteiger partial charge in [0.15, 0.2) is 5.43 Å². The highest BCUT2D eigenvalue weighted by Crippen LogP contribution is 2.19. The van der Waals surface area contributed by atoms with Crippen LogP contribution in [0.5, 0.6) is 0 Å². The SMILES string of the molecule is Cc1c[nH]c2c(N)cc(N)cc2c1=O. The lowest BCUT2D eigenvalue weighted by molar-refractivity contribution is 1.30. The van der Waals surface area contributed by atoms with Gasteiger partial charge in [0, 0.05) is 22.8 Å². The fourth-order valence-corrected chi connectivity index (χ4v) is 1.49. The lowest BCUT2D eigenvalue weighted by Crippen LogP contribution is -2.08. The van der Waals surface area contributed by atoms with Crippen molar-refractivity contribution in [2.24, 2.45) is 0 Å². The van der Waals surface area contributed by atoms with E-state index in [-0.39, 0.29) is 5.43 Å². The summed E-state index contributed by atoms with van der Waals surface area (Å²) in [5, 5.41) is 0.544. The Bertz CT molecular complexity index is 557. The van der Waals surface area contributed by atoms with Crippen LogP contribution < -0.4 is 16.9 Å². The molecule has 0 saturated carbocycles. The Balaban J connectivity index is 3.03. The molecule has 0 radical (unpaired) electrons. The number of pyridine rings is 1. The van der Waals surface area contributed by atoms with E-state index in [1.54, 1.807) is 25.3 Å². The van der Waals surface area contributed by atoms with Gasteiger partial charge in [0.2, 0.25) is 0 Å². The number of anilines is 2. The van der Waals surface area contributed by atoms with Crippen molar-refractivity contribution in [1.82, 2.24) is 4.98 Å². The highest BCUT2D eigenvalue weighted by molar-refractivity contribution is 5.92. The molecule has 0 aliphatic heterocycles. The lowest BCUT2D eigenvalue weighted by Gasteiger charge is -2.04. The van der Waals surface area contributed by atoms with Crippen molar-refractivity contribution in [3.05, 3.63) is 34.1 Å². The maximum atomic E-state index is 11.7. The molecule has 0 saturated heterocycles. The summed E-state index contributed by atoms with van der Waals surface area (Å²) in [6, 6.07) is 3.27. The number of aryl methyl sites for hydroxylation is 1. The Kier molecular flexibility index (Phi) is 1.70. The first-order valence-electron chi connectivity index (χ1n) is 4.26. The minimum Gasteiger partial charge on any atom is -0.399 e. The van der Waals surface area contributed by atoms with E-state index in [9.17, 15) is 4.79 Å². The number of hydrogen-bond donors (Lipinski definition) is 3. The molecular weight excluding hydrogens is 178 g/mol. The monoisotopic (exact) mass is 189 g/mol. The first-order valence-corrected chi connectivity index (χ1v) is 4.26. The number of aromatic nitrogens is 1. The number of aromatic amines is 1. The van der Waals surface area contributed by atoms with E-state index >= 15 is 0 Å². The van der Waals surface area contributed by atoms with Gasteiger partial charge in [0.05, 0.1) is 11.2 Å². The smallest absolute Gasteiger partial charge is 0.192 e. The topological polar surface area (TPSA) is 84.9 Å². The number of nitrogens with two attached hydrogens (primary N) is 2. The van der Waals surface area contributed by atoms with Crippen LogP contribution in [-0.2, 0) is 0 Å². The van der Waals surface area contributed by atoms with Gasteiger partial charge in [-0.3, -0.25) is 4.79 Å². The minimum absolute atomic E-state index is 0.0299. The lowest BCUT2D eigenvalue weighted by atomic mass is 10.1. The van der Waals surface area contributed by atoms with E-state index in [4.69, 9.17) is 11.5 Å². The summed E-state index contributed by atoms with van der Waals surface area (Å²) < 4.78 is 0. The molecule has 1 aromatic heterocycles. The van der Waals surface area contributed by atoms with E-state index in [0.717, 1.165) is 0 Å². The van der Waals surface area contributed by atoms with Gasteiger partial charge < -0.3 is 16.5 Å². The molecule has 0 atom stereocenters. The van der Waals surface area contributed by atoms with Crippen molar-refractivity contribution in [1.29, 1.82) is 0 Å². The summed E-state index contributed by atoms with van der Waals surface area (Å²) in [6.07, 6.45) is 1.65. The van der Waals surface area contributed by atoms with Crippen molar-refractivity contribution < 1.29 is 0 Å². The second-order valence-corrected chi connectivity index (χ2v) is 3.33. The Morgan fingerprint density at radius 3 is 2.71 bits per heavy atom. The van der Waals surface area contributed by atoms with Crippen molar-refractivity contribution >= 4 is 22.3 Å². The van der Waals surface area contributed by atoms with Gasteiger partial charge in [-0.25, -0.2) is 0 Å². The van der Waals surface area contributed by atoms with Gasteiger partial charge in [-0.1, -0.05) is 0 Å². The first-order chi connectivity index (χ1) is 6.59. The Morgan fingerprint density at radius 1 is 1.29 bits per heavy atom. The average Bonchev–Trinajstić information content (AvgIpc) is 2.12. The van der Waals surface area contributed by atoms with Crippen LogP contribution in [0.2, 0.25) is 0 Å². The molecule has 4 heteroatoms. The molecule has 0 unspecified atom stereocenters. The van der Waals surface area contributed by atoms with Crippen molar-refractivity contribution in [2.75, 3.05) is 11.5 Å². The van der Waals surface area contributed by atoms with Gasteiger partial charge in [0.1, 0.15) is 0 Å². The van der Waals surface area contributed by atoms with Crippen LogP contribution in [0.1, 0.15) is 5.56 Å². The summed E-state index contributed by atoms with van der Waals surface area (Å²) in [5.74, 6) is 0. The van der Waals surface area contributed by atoms with Crippen LogP contribution in [0.25, 0.3) is 10.9 Å². The van der Waals surface area contributed by atoms with Crippen LogP contribution in [0.15, 0.2) is 23.1 Å². The molecule has 72 valence electrons. The molecule has 0 spiro atoms. The molecule has 2 rings (SSSR count). The maximum absolute atomic E-state index is 11.7. The van der Waals surface area contributed by atoms with E-state index in [1.165, 1.54) is 0 Å². The summed E-state index contributed by atoms with van der Waals surface area (Å²) in [5.41, 5.74) is 13.6. The van der Waals surface area contributed by atoms with E-state index in [0.29, 0.717) is 27.8 Å². The zero-order valence-corrected chi connectivity index (χ0v) is 7.79. The highest BCUT2D eigenvalue weighted by atomic mass is 16.1.